The van der Waals surface area contributed by atoms with Crippen molar-refractivity contribution in [2.45, 2.75) is 27.3 Å². The molecule has 25 heavy (non-hydrogen) atoms. The summed E-state index contributed by atoms with van der Waals surface area (Å²) < 4.78 is 0. The maximum atomic E-state index is 11.6. The normalized spacial score (nSPS) is 11.3. The molecule has 0 saturated heterocycles. The molecule has 0 unspecified atom stereocenters. The van der Waals surface area contributed by atoms with Gasteiger partial charge in [-0.05, 0) is 56.6 Å². The van der Waals surface area contributed by atoms with Gasteiger partial charge in [0.15, 0.2) is 0 Å². The van der Waals surface area contributed by atoms with Crippen molar-refractivity contribution in [2.75, 3.05) is 19.1 Å². The third-order valence-corrected chi connectivity index (χ3v) is 4.26. The van der Waals surface area contributed by atoms with E-state index in [2.05, 4.69) is 41.7 Å². The van der Waals surface area contributed by atoms with E-state index in [-0.39, 0.29) is 0 Å². The molecule has 1 amide bonds. The number of amidine groups is 1. The number of hydrogen-bond acceptors (Lipinski definition) is 3. The van der Waals surface area contributed by atoms with Crippen LogP contribution >= 0.6 is 0 Å². The standard InChI is InChI=1S/C20H26N4O/c1-14-6-10-18(11-7-14)24(13-25)23-20(22-5)19-15(2)8-9-17(12-21-4)16(19)3/h6-11,13,21H,12H2,1-5H3,(H,22,23). The van der Waals surface area contributed by atoms with Crippen LogP contribution in [0.5, 0.6) is 0 Å². The molecule has 0 aromatic heterocycles. The Bertz CT molecular complexity index is 766. The molecule has 5 heteroatoms. The number of carbonyl (C=O) groups is 1. The second kappa shape index (κ2) is 8.44. The lowest BCUT2D eigenvalue weighted by atomic mass is 9.96. The summed E-state index contributed by atoms with van der Waals surface area (Å²) in [5, 5.41) is 4.63. The van der Waals surface area contributed by atoms with Gasteiger partial charge in [0.05, 0.1) is 5.69 Å². The van der Waals surface area contributed by atoms with Gasteiger partial charge in [-0.1, -0.05) is 29.8 Å². The summed E-state index contributed by atoms with van der Waals surface area (Å²) in [5.74, 6) is 0.667. The number of anilines is 1. The first-order valence-corrected chi connectivity index (χ1v) is 8.30. The highest BCUT2D eigenvalue weighted by molar-refractivity contribution is 6.03. The SMILES string of the molecule is CN=C(NN(C=O)c1ccc(C)cc1)c1c(C)ccc(CNC)c1C. The highest BCUT2D eigenvalue weighted by atomic mass is 16.1. The summed E-state index contributed by atoms with van der Waals surface area (Å²) in [6.07, 6.45) is 0.762. The van der Waals surface area contributed by atoms with Crippen LogP contribution in [-0.4, -0.2) is 26.3 Å². The first kappa shape index (κ1) is 18.7. The largest absolute Gasteiger partial charge is 0.316 e. The van der Waals surface area contributed by atoms with Crippen molar-refractivity contribution in [3.05, 3.63) is 64.2 Å². The molecule has 132 valence electrons. The predicted molar refractivity (Wildman–Crippen MR) is 104 cm³/mol. The molecule has 0 radical (unpaired) electrons. The fourth-order valence-corrected chi connectivity index (χ4v) is 2.83. The van der Waals surface area contributed by atoms with Crippen LogP contribution in [0.15, 0.2) is 41.4 Å². The number of aliphatic imine (C=N–C) groups is 1. The van der Waals surface area contributed by atoms with E-state index in [4.69, 9.17) is 0 Å². The van der Waals surface area contributed by atoms with E-state index >= 15 is 0 Å². The first-order valence-electron chi connectivity index (χ1n) is 8.30. The molecule has 0 aliphatic rings. The lowest BCUT2D eigenvalue weighted by Gasteiger charge is -2.23. The highest BCUT2D eigenvalue weighted by Gasteiger charge is 2.15. The van der Waals surface area contributed by atoms with Crippen LogP contribution in [0.1, 0.15) is 27.8 Å². The zero-order chi connectivity index (χ0) is 18.4. The van der Waals surface area contributed by atoms with Crippen molar-refractivity contribution in [3.8, 4) is 0 Å². The predicted octanol–water partition coefficient (Wildman–Crippen LogP) is 2.88. The molecule has 0 aliphatic carbocycles. The number of amides is 1. The van der Waals surface area contributed by atoms with Gasteiger partial charge >= 0.3 is 0 Å². The Hall–Kier alpha value is -2.66. The van der Waals surface area contributed by atoms with Crippen molar-refractivity contribution in [2.24, 2.45) is 4.99 Å². The van der Waals surface area contributed by atoms with Crippen molar-refractivity contribution < 1.29 is 4.79 Å². The maximum absolute atomic E-state index is 11.6. The van der Waals surface area contributed by atoms with Crippen LogP contribution in [0.2, 0.25) is 0 Å². The molecule has 2 aromatic rings. The van der Waals surface area contributed by atoms with E-state index in [1.54, 1.807) is 7.05 Å². The summed E-state index contributed by atoms with van der Waals surface area (Å²) in [6.45, 7) is 6.93. The zero-order valence-electron chi connectivity index (χ0n) is 15.6. The molecular weight excluding hydrogens is 312 g/mol. The Labute approximate surface area is 149 Å². The Morgan fingerprint density at radius 3 is 2.36 bits per heavy atom. The second-order valence-electron chi connectivity index (χ2n) is 6.07. The third-order valence-electron chi connectivity index (χ3n) is 4.26. The maximum Gasteiger partial charge on any atom is 0.232 e. The van der Waals surface area contributed by atoms with Gasteiger partial charge in [0, 0.05) is 19.2 Å². The second-order valence-corrected chi connectivity index (χ2v) is 6.07. The number of aryl methyl sites for hydroxylation is 2. The van der Waals surface area contributed by atoms with Crippen LogP contribution in [0.25, 0.3) is 0 Å². The van der Waals surface area contributed by atoms with Crippen molar-refractivity contribution in [1.82, 2.24) is 10.7 Å². The molecule has 2 rings (SSSR count). The quantitative estimate of drug-likeness (QED) is 0.368. The van der Waals surface area contributed by atoms with Crippen LogP contribution in [0.4, 0.5) is 5.69 Å². The molecule has 0 bridgehead atoms. The van der Waals surface area contributed by atoms with E-state index in [1.165, 1.54) is 10.6 Å². The van der Waals surface area contributed by atoms with Gasteiger partial charge in [-0.25, -0.2) is 5.01 Å². The molecule has 5 nitrogen and oxygen atoms in total. The van der Waals surface area contributed by atoms with Crippen LogP contribution in [-0.2, 0) is 11.3 Å². The number of hydrazine groups is 1. The fraction of sp³-hybridized carbons (Fsp3) is 0.300. The molecule has 2 aromatic carbocycles. The fourth-order valence-electron chi connectivity index (χ4n) is 2.83. The average molecular weight is 338 g/mol. The molecule has 0 fully saturated rings. The molecule has 0 aliphatic heterocycles. The third kappa shape index (κ3) is 4.25. The lowest BCUT2D eigenvalue weighted by molar-refractivity contribution is -0.107. The minimum absolute atomic E-state index is 0.667. The van der Waals surface area contributed by atoms with E-state index < -0.39 is 0 Å². The van der Waals surface area contributed by atoms with Crippen LogP contribution in [0.3, 0.4) is 0 Å². The summed E-state index contributed by atoms with van der Waals surface area (Å²) in [4.78, 5) is 16.0. The Kier molecular flexibility index (Phi) is 6.31. The molecule has 0 atom stereocenters. The Morgan fingerprint density at radius 1 is 1.12 bits per heavy atom. The molecule has 2 N–H and O–H groups in total. The number of nitrogens with zero attached hydrogens (tertiary/aromatic N) is 2. The molecular formula is C20H26N4O. The Balaban J connectivity index is 2.38. The highest BCUT2D eigenvalue weighted by Crippen LogP contribution is 2.20. The minimum atomic E-state index is 0.667. The molecule has 0 heterocycles. The summed E-state index contributed by atoms with van der Waals surface area (Å²) >= 11 is 0. The van der Waals surface area contributed by atoms with Gasteiger partial charge in [0.1, 0.15) is 5.84 Å². The van der Waals surface area contributed by atoms with Crippen molar-refractivity contribution in [3.63, 3.8) is 0 Å². The number of rotatable bonds is 6. The average Bonchev–Trinajstić information content (AvgIpc) is 2.61. The number of carbonyl (C=O) groups excluding carboxylic acids is 1. The van der Waals surface area contributed by atoms with Crippen LogP contribution in [0, 0.1) is 20.8 Å². The topological polar surface area (TPSA) is 56.7 Å². The molecule has 0 spiro atoms. The van der Waals surface area contributed by atoms with E-state index in [0.717, 1.165) is 40.9 Å². The smallest absolute Gasteiger partial charge is 0.232 e. The summed E-state index contributed by atoms with van der Waals surface area (Å²) in [5.41, 5.74) is 9.55. The molecule has 0 saturated carbocycles. The van der Waals surface area contributed by atoms with Crippen molar-refractivity contribution in [1.29, 1.82) is 0 Å². The monoisotopic (exact) mass is 338 g/mol. The zero-order valence-corrected chi connectivity index (χ0v) is 15.6. The van der Waals surface area contributed by atoms with Gasteiger partial charge in [-0.3, -0.25) is 15.2 Å². The lowest BCUT2D eigenvalue weighted by Crippen LogP contribution is -2.42. The van der Waals surface area contributed by atoms with Gasteiger partial charge in [0.25, 0.3) is 0 Å². The van der Waals surface area contributed by atoms with E-state index in [0.29, 0.717) is 5.84 Å². The Morgan fingerprint density at radius 2 is 1.80 bits per heavy atom. The summed E-state index contributed by atoms with van der Waals surface area (Å²) in [6, 6.07) is 12.0. The van der Waals surface area contributed by atoms with E-state index in [9.17, 15) is 4.79 Å². The summed E-state index contributed by atoms with van der Waals surface area (Å²) in [7, 11) is 3.65. The van der Waals surface area contributed by atoms with Gasteiger partial charge in [0.2, 0.25) is 6.41 Å². The number of nitrogens with one attached hydrogen (secondary N) is 2. The van der Waals surface area contributed by atoms with Gasteiger partial charge < -0.3 is 5.32 Å². The van der Waals surface area contributed by atoms with Crippen molar-refractivity contribution >= 4 is 17.9 Å². The van der Waals surface area contributed by atoms with Crippen LogP contribution < -0.4 is 15.8 Å². The van der Waals surface area contributed by atoms with Gasteiger partial charge in [-0.2, -0.15) is 0 Å². The van der Waals surface area contributed by atoms with E-state index in [1.807, 2.05) is 38.2 Å². The minimum Gasteiger partial charge on any atom is -0.316 e. The number of benzene rings is 2. The number of hydrogen-bond donors (Lipinski definition) is 2. The van der Waals surface area contributed by atoms with Gasteiger partial charge in [-0.15, -0.1) is 0 Å². The first-order chi connectivity index (χ1) is 12.0.